The van der Waals surface area contributed by atoms with Gasteiger partial charge in [-0.05, 0) is 49.6 Å². The number of likely N-dealkylation sites (N-methyl/N-ethyl adjacent to an activating group) is 1. The van der Waals surface area contributed by atoms with Gasteiger partial charge in [0.2, 0.25) is 11.8 Å². The lowest BCUT2D eigenvalue weighted by molar-refractivity contribution is -0.122. The number of alkyl halides is 2. The van der Waals surface area contributed by atoms with Gasteiger partial charge in [-0.25, -0.2) is 0 Å². The topological polar surface area (TPSA) is 70.7 Å². The van der Waals surface area contributed by atoms with E-state index in [1.54, 1.807) is 35.8 Å². The number of nitrogens with zero attached hydrogens (tertiary/aromatic N) is 1. The van der Waals surface area contributed by atoms with Crippen LogP contribution < -0.4 is 15.4 Å². The third kappa shape index (κ3) is 8.38. The molecule has 0 saturated carbocycles. The van der Waals surface area contributed by atoms with Crippen molar-refractivity contribution < 1.29 is 23.1 Å². The summed E-state index contributed by atoms with van der Waals surface area (Å²) in [5, 5.41) is 5.64. The molecule has 0 radical (unpaired) electrons. The van der Waals surface area contributed by atoms with Crippen molar-refractivity contribution in [1.82, 2.24) is 10.2 Å². The van der Waals surface area contributed by atoms with Crippen LogP contribution in [0.3, 0.4) is 0 Å². The average molecular weight is 438 g/mol. The summed E-state index contributed by atoms with van der Waals surface area (Å²) < 4.78 is 28.6. The van der Waals surface area contributed by atoms with Crippen molar-refractivity contribution in [2.75, 3.05) is 38.3 Å². The van der Waals surface area contributed by atoms with Crippen LogP contribution in [-0.4, -0.2) is 56.3 Å². The fourth-order valence-electron chi connectivity index (χ4n) is 2.72. The Morgan fingerprint density at radius 2 is 1.73 bits per heavy atom. The smallest absolute Gasteiger partial charge is 0.387 e. The maximum atomic E-state index is 12.2. The molecule has 0 saturated heterocycles. The Hall–Kier alpha value is -2.65. The summed E-state index contributed by atoms with van der Waals surface area (Å²) in [5.41, 5.74) is 1.63. The monoisotopic (exact) mass is 437 g/mol. The molecule has 0 aliphatic carbocycles. The highest BCUT2D eigenvalue weighted by Gasteiger charge is 2.12. The van der Waals surface area contributed by atoms with E-state index in [1.165, 1.54) is 12.1 Å². The third-order valence-corrected chi connectivity index (χ3v) is 4.89. The summed E-state index contributed by atoms with van der Waals surface area (Å²) in [7, 11) is 1.70. The first-order valence-corrected chi connectivity index (χ1v) is 10.5. The number of thioether (sulfide) groups is 1. The highest BCUT2D eigenvalue weighted by molar-refractivity contribution is 7.98. The zero-order chi connectivity index (χ0) is 21.9. The molecule has 30 heavy (non-hydrogen) atoms. The van der Waals surface area contributed by atoms with Gasteiger partial charge in [0.1, 0.15) is 5.75 Å². The van der Waals surface area contributed by atoms with E-state index >= 15 is 0 Å². The second-order valence-electron chi connectivity index (χ2n) is 6.54. The molecule has 0 atom stereocenters. The molecule has 6 nitrogen and oxygen atoms in total. The van der Waals surface area contributed by atoms with Crippen LogP contribution in [0.1, 0.15) is 5.56 Å². The molecule has 162 valence electrons. The van der Waals surface area contributed by atoms with Crippen molar-refractivity contribution >= 4 is 29.3 Å². The normalized spacial score (nSPS) is 10.9. The summed E-state index contributed by atoms with van der Waals surface area (Å²) in [4.78, 5) is 26.9. The van der Waals surface area contributed by atoms with Crippen molar-refractivity contribution in [2.24, 2.45) is 0 Å². The van der Waals surface area contributed by atoms with E-state index in [2.05, 4.69) is 15.4 Å². The molecule has 2 aromatic carbocycles. The predicted molar refractivity (Wildman–Crippen MR) is 114 cm³/mol. The van der Waals surface area contributed by atoms with E-state index in [0.29, 0.717) is 13.0 Å². The van der Waals surface area contributed by atoms with Crippen molar-refractivity contribution in [1.29, 1.82) is 0 Å². The molecule has 2 amide bonds. The number of benzene rings is 2. The van der Waals surface area contributed by atoms with E-state index in [1.807, 2.05) is 30.5 Å². The molecule has 0 aromatic heterocycles. The summed E-state index contributed by atoms with van der Waals surface area (Å²) in [6.45, 7) is -2.29. The molecular formula is C21H25F2N3O3S. The van der Waals surface area contributed by atoms with Gasteiger partial charge in [-0.15, -0.1) is 11.8 Å². The van der Waals surface area contributed by atoms with Gasteiger partial charge in [0.05, 0.1) is 18.8 Å². The van der Waals surface area contributed by atoms with E-state index in [9.17, 15) is 18.4 Å². The molecule has 2 N–H and O–H groups in total. The van der Waals surface area contributed by atoms with Crippen LogP contribution in [0, 0.1) is 0 Å². The largest absolute Gasteiger partial charge is 0.435 e. The third-order valence-electron chi connectivity index (χ3n) is 4.09. The highest BCUT2D eigenvalue weighted by Crippen LogP contribution is 2.24. The van der Waals surface area contributed by atoms with Gasteiger partial charge in [0, 0.05) is 11.4 Å². The Morgan fingerprint density at radius 3 is 2.40 bits per heavy atom. The van der Waals surface area contributed by atoms with Crippen molar-refractivity contribution in [2.45, 2.75) is 17.9 Å². The number of nitrogens with one attached hydrogen (secondary N) is 2. The number of hydrogen-bond acceptors (Lipinski definition) is 5. The number of halogens is 2. The minimum absolute atomic E-state index is 0.0821. The molecule has 2 aromatic rings. The lowest BCUT2D eigenvalue weighted by Gasteiger charge is -2.17. The first-order chi connectivity index (χ1) is 14.4. The fraction of sp³-hybridized carbons (Fsp3) is 0.333. The van der Waals surface area contributed by atoms with Gasteiger partial charge >= 0.3 is 6.61 Å². The Bertz CT molecular complexity index is 835. The van der Waals surface area contributed by atoms with Crippen molar-refractivity contribution in [3.63, 3.8) is 0 Å². The Labute approximate surface area is 179 Å². The number of hydrogen-bond donors (Lipinski definition) is 2. The number of para-hydroxylation sites is 1. The standard InChI is InChI=1S/C21H25F2N3O3S/c1-26(14-20(28)25-17-5-3-4-6-18(17)30-2)13-19(27)24-12-11-15-7-9-16(10-8-15)29-21(22)23/h3-10,21H,11-14H2,1-2H3,(H,24,27)(H,25,28). The molecule has 0 fully saturated rings. The summed E-state index contributed by atoms with van der Waals surface area (Å²) in [5.74, 6) is -0.303. The molecule has 2 rings (SSSR count). The van der Waals surface area contributed by atoms with Gasteiger partial charge < -0.3 is 15.4 Å². The van der Waals surface area contributed by atoms with Crippen LogP contribution in [0.25, 0.3) is 0 Å². The Kier molecular flexibility index (Phi) is 9.56. The quantitative estimate of drug-likeness (QED) is 0.528. The lowest BCUT2D eigenvalue weighted by Crippen LogP contribution is -2.39. The van der Waals surface area contributed by atoms with E-state index < -0.39 is 6.61 Å². The number of anilines is 1. The zero-order valence-electron chi connectivity index (χ0n) is 16.9. The first-order valence-electron chi connectivity index (χ1n) is 9.29. The molecule has 0 spiro atoms. The zero-order valence-corrected chi connectivity index (χ0v) is 17.7. The number of rotatable bonds is 11. The molecule has 0 aliphatic heterocycles. The summed E-state index contributed by atoms with van der Waals surface area (Å²) >= 11 is 1.54. The van der Waals surface area contributed by atoms with E-state index in [0.717, 1.165) is 16.1 Å². The minimum Gasteiger partial charge on any atom is -0.435 e. The van der Waals surface area contributed by atoms with Gasteiger partial charge in [-0.1, -0.05) is 24.3 Å². The second-order valence-corrected chi connectivity index (χ2v) is 7.39. The number of carbonyl (C=O) groups excluding carboxylic acids is 2. The van der Waals surface area contributed by atoms with Crippen LogP contribution in [0.2, 0.25) is 0 Å². The van der Waals surface area contributed by atoms with Gasteiger partial charge in [-0.3, -0.25) is 14.5 Å². The number of carbonyl (C=O) groups is 2. The van der Waals surface area contributed by atoms with E-state index in [4.69, 9.17) is 0 Å². The van der Waals surface area contributed by atoms with Crippen molar-refractivity contribution in [3.8, 4) is 5.75 Å². The molecule has 0 unspecified atom stereocenters. The Morgan fingerprint density at radius 1 is 1.07 bits per heavy atom. The number of ether oxygens (including phenoxy) is 1. The van der Waals surface area contributed by atoms with Gasteiger partial charge in [0.25, 0.3) is 0 Å². The van der Waals surface area contributed by atoms with Crippen LogP contribution in [0.4, 0.5) is 14.5 Å². The SMILES string of the molecule is CSc1ccccc1NC(=O)CN(C)CC(=O)NCCc1ccc(OC(F)F)cc1. The molecule has 0 bridgehead atoms. The first kappa shape index (κ1) is 23.6. The second kappa shape index (κ2) is 12.1. The highest BCUT2D eigenvalue weighted by atomic mass is 32.2. The molecule has 0 heterocycles. The maximum Gasteiger partial charge on any atom is 0.387 e. The van der Waals surface area contributed by atoms with Gasteiger partial charge in [0.15, 0.2) is 0 Å². The van der Waals surface area contributed by atoms with Crippen LogP contribution in [-0.2, 0) is 16.0 Å². The summed E-state index contributed by atoms with van der Waals surface area (Å²) in [6, 6.07) is 13.8. The molecule has 0 aliphatic rings. The fourth-order valence-corrected chi connectivity index (χ4v) is 3.28. The maximum absolute atomic E-state index is 12.2. The number of amides is 2. The van der Waals surface area contributed by atoms with Crippen molar-refractivity contribution in [3.05, 3.63) is 54.1 Å². The van der Waals surface area contributed by atoms with Crippen LogP contribution in [0.5, 0.6) is 5.75 Å². The minimum atomic E-state index is -2.85. The molecule has 9 heteroatoms. The van der Waals surface area contributed by atoms with E-state index in [-0.39, 0.29) is 30.7 Å². The average Bonchev–Trinajstić information content (AvgIpc) is 2.69. The van der Waals surface area contributed by atoms with Gasteiger partial charge in [-0.2, -0.15) is 8.78 Å². The summed E-state index contributed by atoms with van der Waals surface area (Å²) in [6.07, 6.45) is 2.49. The molecular weight excluding hydrogens is 412 g/mol. The lowest BCUT2D eigenvalue weighted by atomic mass is 10.1. The van der Waals surface area contributed by atoms with Crippen LogP contribution >= 0.6 is 11.8 Å². The van der Waals surface area contributed by atoms with Crippen LogP contribution in [0.15, 0.2) is 53.4 Å². The predicted octanol–water partition coefficient (Wildman–Crippen LogP) is 3.24. The Balaban J connectivity index is 1.69.